The summed E-state index contributed by atoms with van der Waals surface area (Å²) in [5, 5.41) is 0. The summed E-state index contributed by atoms with van der Waals surface area (Å²) >= 11 is 0. The average Bonchev–Trinajstić information content (AvgIpc) is 3.32. The van der Waals surface area contributed by atoms with Gasteiger partial charge in [0.2, 0.25) is 0 Å². The van der Waals surface area contributed by atoms with Gasteiger partial charge in [-0.25, -0.2) is 0 Å². The molecule has 5 rings (SSSR count). The maximum Gasteiger partial charge on any atom is 0.458 e. The summed E-state index contributed by atoms with van der Waals surface area (Å²) in [5.74, 6) is 4.65. The van der Waals surface area contributed by atoms with Crippen LogP contribution in [0.25, 0.3) is 0 Å². The Morgan fingerprint density at radius 2 is 0.485 bits per heavy atom. The second-order valence-corrected chi connectivity index (χ2v) is 16.4. The highest BCUT2D eigenvalue weighted by Crippen LogP contribution is 2.22. The van der Waals surface area contributed by atoms with E-state index < -0.39 is 21.4 Å². The third-order valence-corrected chi connectivity index (χ3v) is 10.2. The molecule has 0 N–H and O–H groups in total. The van der Waals surface area contributed by atoms with Crippen molar-refractivity contribution in [2.75, 3.05) is 0 Å². The topological polar surface area (TPSA) is 138 Å². The predicted molar refractivity (Wildman–Crippen MR) is 287 cm³/mol. The third kappa shape index (κ3) is 29.1. The van der Waals surface area contributed by atoms with Crippen LogP contribution < -0.4 is 0 Å². The molecule has 5 heterocycles. The van der Waals surface area contributed by atoms with Gasteiger partial charge < -0.3 is 68.6 Å². The van der Waals surface area contributed by atoms with E-state index in [1.165, 1.54) is 19.3 Å². The molecule has 360 valence electrons. The Labute approximate surface area is 409 Å². The molecule has 0 unspecified atom stereocenters. The van der Waals surface area contributed by atoms with Gasteiger partial charge in [0.1, 0.15) is 0 Å². The van der Waals surface area contributed by atoms with Crippen LogP contribution in [0.3, 0.4) is 0 Å². The molecule has 0 spiro atoms. The van der Waals surface area contributed by atoms with Gasteiger partial charge in [-0.15, -0.1) is 19.7 Å². The van der Waals surface area contributed by atoms with E-state index in [0.717, 1.165) is 95.4 Å². The van der Waals surface area contributed by atoms with Crippen LogP contribution in [0.2, 0.25) is 77.4 Å². The molecule has 0 amide bonds. The van der Waals surface area contributed by atoms with Crippen molar-refractivity contribution in [1.82, 2.24) is 0 Å². The first-order chi connectivity index (χ1) is 31.9. The second-order valence-electron chi connectivity index (χ2n) is 16.4. The van der Waals surface area contributed by atoms with E-state index in [1.807, 2.05) is 20.5 Å². The monoisotopic (exact) mass is 919 g/mol. The summed E-state index contributed by atoms with van der Waals surface area (Å²) in [5.41, 5.74) is 0. The van der Waals surface area contributed by atoms with Gasteiger partial charge in [0.05, 0.1) is 0 Å². The van der Waals surface area contributed by atoms with E-state index in [9.17, 15) is 0 Å². The Balaban J connectivity index is 0.000000420. The number of unbranched alkanes of at least 4 members (excludes halogenated alkanes) is 3. The lowest BCUT2D eigenvalue weighted by Crippen LogP contribution is -2.48. The van der Waals surface area contributed by atoms with Crippen molar-refractivity contribution in [3.63, 3.8) is 0 Å². The summed E-state index contributed by atoms with van der Waals surface area (Å²) in [7, 11) is -2.33. The largest absolute Gasteiger partial charge is 0.458 e. The highest BCUT2D eigenvalue weighted by molar-refractivity contribution is 6.79. The van der Waals surface area contributed by atoms with Gasteiger partial charge >= 0.3 is 107 Å². The summed E-state index contributed by atoms with van der Waals surface area (Å²) < 4.78 is 82.0. The highest BCUT2D eigenvalue weighted by atomic mass is 16.7. The molecule has 30 heteroatoms. The van der Waals surface area contributed by atoms with Gasteiger partial charge in [-0.1, -0.05) is 138 Å². The zero-order valence-electron chi connectivity index (χ0n) is 43.4. The predicted octanol–water partition coefficient (Wildman–Crippen LogP) is 9.33. The molecule has 0 aromatic rings. The Hall–Kier alpha value is -0.406. The molecule has 0 atom stereocenters. The number of hydrogen-bond donors (Lipinski definition) is 0. The van der Waals surface area contributed by atoms with Crippen LogP contribution in [-0.2, 0) is 68.6 Å². The van der Waals surface area contributed by atoms with Gasteiger partial charge in [0.15, 0.2) is 0 Å². The molecule has 66 heavy (non-hydrogen) atoms. The van der Waals surface area contributed by atoms with Crippen LogP contribution in [0.4, 0.5) is 0 Å². The number of hydrogen-bond acceptors (Lipinski definition) is 15. The van der Waals surface area contributed by atoms with Crippen LogP contribution in [0.1, 0.15) is 120 Å². The third-order valence-electron chi connectivity index (χ3n) is 10.2. The van der Waals surface area contributed by atoms with E-state index >= 15 is 0 Å². The van der Waals surface area contributed by atoms with Crippen molar-refractivity contribution >= 4 is 107 Å². The molecule has 5 saturated heterocycles. The molecule has 0 aromatic carbocycles. The standard InChI is InChI=1S/C12H27B3O3.C9H21B3O3.C6H15B3O3.C6H9B3O3.C3H9B3O3/c1-4-7-10-13-16-14(11-8-5-2)18-15(17-13)12-9-6-3;1-4-7-10-13-11(8-5-2)15-12(14-10)9-6-3;2*1-4-7-10-8(5-2)12-9(6-3)11-7;1-4-7-5(2)9-6(3)8-4/h4-12H2,1-3H3;4-9H2,1-3H3;4-6H2,1-3H3;4-6H,1-3H2;1-3H3. The van der Waals surface area contributed by atoms with Crippen LogP contribution in [0.5, 0.6) is 0 Å². The molecule has 0 radical (unpaired) electrons. The van der Waals surface area contributed by atoms with E-state index in [-0.39, 0.29) is 85.4 Å². The summed E-state index contributed by atoms with van der Waals surface area (Å²) in [6.45, 7) is 35.4. The molecule has 5 fully saturated rings. The Kier molecular flexibility index (Phi) is 38.8. The van der Waals surface area contributed by atoms with Gasteiger partial charge in [0.25, 0.3) is 0 Å². The highest BCUT2D eigenvalue weighted by Gasteiger charge is 2.41. The van der Waals surface area contributed by atoms with Crippen molar-refractivity contribution in [1.29, 1.82) is 0 Å². The van der Waals surface area contributed by atoms with Crippen molar-refractivity contribution in [3.8, 4) is 0 Å². The van der Waals surface area contributed by atoms with Crippen molar-refractivity contribution in [2.24, 2.45) is 0 Å². The fourth-order valence-corrected chi connectivity index (χ4v) is 6.76. The second kappa shape index (κ2) is 40.2. The first-order valence-corrected chi connectivity index (χ1v) is 25.6. The molecule has 15 nitrogen and oxygen atoms in total. The smallest absolute Gasteiger partial charge is 0.453 e. The van der Waals surface area contributed by atoms with Crippen molar-refractivity contribution in [3.05, 3.63) is 37.7 Å². The van der Waals surface area contributed by atoms with Crippen LogP contribution in [0.15, 0.2) is 37.7 Å². The minimum Gasteiger partial charge on any atom is -0.453 e. The van der Waals surface area contributed by atoms with Gasteiger partial charge in [-0.3, -0.25) is 0 Å². The fraction of sp³-hybridized carbons (Fsp3) is 0.833. The summed E-state index contributed by atoms with van der Waals surface area (Å²) in [6, 6.07) is 0. The van der Waals surface area contributed by atoms with Gasteiger partial charge in [-0.05, 0) is 77.4 Å². The maximum atomic E-state index is 5.86. The molecule has 0 saturated carbocycles. The van der Waals surface area contributed by atoms with Crippen molar-refractivity contribution < 1.29 is 68.6 Å². The normalized spacial score (nSPS) is 17.9. The minimum absolute atomic E-state index is 0.0533. The molecule has 0 aromatic heterocycles. The first kappa shape index (κ1) is 63.6. The van der Waals surface area contributed by atoms with Gasteiger partial charge in [-0.2, -0.15) is 0 Å². The summed E-state index contributed by atoms with van der Waals surface area (Å²) in [6.07, 6.45) is 18.8. The lowest BCUT2D eigenvalue weighted by molar-refractivity contribution is 0.275. The molecular weight excluding hydrogens is 835 g/mol. The van der Waals surface area contributed by atoms with Crippen LogP contribution >= 0.6 is 0 Å². The number of rotatable bonds is 21. The molecule has 5 aliphatic heterocycles. The Bertz CT molecular complexity index is 1040. The molecule has 5 aliphatic rings. The zero-order valence-corrected chi connectivity index (χ0v) is 43.4. The fourth-order valence-electron chi connectivity index (χ4n) is 6.76. The average molecular weight is 916 g/mol. The Morgan fingerprint density at radius 3 is 0.667 bits per heavy atom. The lowest BCUT2D eigenvalue weighted by atomic mass is 9.64. The van der Waals surface area contributed by atoms with E-state index in [0.29, 0.717) is 0 Å². The van der Waals surface area contributed by atoms with Gasteiger partial charge in [0, 0.05) is 0 Å². The first-order valence-electron chi connectivity index (χ1n) is 25.6. The van der Waals surface area contributed by atoms with E-state index in [2.05, 4.69) is 82.1 Å². The van der Waals surface area contributed by atoms with Crippen molar-refractivity contribution in [2.45, 2.75) is 197 Å². The molecule has 0 bridgehead atoms. The van der Waals surface area contributed by atoms with E-state index in [4.69, 9.17) is 68.6 Å². The van der Waals surface area contributed by atoms with E-state index in [1.54, 1.807) is 17.9 Å². The van der Waals surface area contributed by atoms with Crippen LogP contribution in [0, 0.1) is 0 Å². The SMILES string of the molecule is C=CB1OB(C=C)OB(C=C)O1.CB1OB(C)OB(C)O1.CCB1OB(CC)OB(CC)O1.CCCB1OB(CCC)OB(CCC)O1.CCCCB1OB(CCCC)OB(CCCC)O1. The van der Waals surface area contributed by atoms with Crippen LogP contribution in [-0.4, -0.2) is 107 Å². The lowest BCUT2D eigenvalue weighted by Gasteiger charge is -2.31. The molecular formula is C36H81B15O15. The maximum absolute atomic E-state index is 5.86. The Morgan fingerprint density at radius 1 is 0.273 bits per heavy atom. The minimum atomic E-state index is -0.454. The zero-order chi connectivity index (χ0) is 49.1. The molecule has 0 aliphatic carbocycles. The quantitative estimate of drug-likeness (QED) is 0.101. The summed E-state index contributed by atoms with van der Waals surface area (Å²) in [4.78, 5) is 0.